The van der Waals surface area contributed by atoms with Gasteiger partial charge in [0.2, 0.25) is 0 Å². The van der Waals surface area contributed by atoms with Gasteiger partial charge in [0.15, 0.2) is 0 Å². The van der Waals surface area contributed by atoms with Gasteiger partial charge in [0.05, 0.1) is 31.1 Å². The lowest BCUT2D eigenvalue weighted by Gasteiger charge is -2.17. The van der Waals surface area contributed by atoms with E-state index in [1.807, 2.05) is 78.9 Å². The molecule has 0 bridgehead atoms. The second-order valence-electron chi connectivity index (χ2n) is 8.86. The van der Waals surface area contributed by atoms with Crippen LogP contribution in [-0.4, -0.2) is 43.5 Å². The second-order valence-corrected chi connectivity index (χ2v) is 8.86. The van der Waals surface area contributed by atoms with E-state index in [2.05, 4.69) is 33.1 Å². The Morgan fingerprint density at radius 1 is 0.921 bits per heavy atom. The lowest BCUT2D eigenvalue weighted by atomic mass is 10.0. The molecule has 2 amide bonds. The number of aromatic nitrogens is 1. The Bertz CT molecular complexity index is 1370. The molecular weight excluding hydrogens is 478 g/mol. The number of nitrogens with zero attached hydrogens (tertiary/aromatic N) is 2. The lowest BCUT2D eigenvalue weighted by molar-refractivity contribution is 0.241. The average molecular weight is 512 g/mol. The highest BCUT2D eigenvalue weighted by atomic mass is 16.5. The van der Waals surface area contributed by atoms with Crippen LogP contribution in [0.2, 0.25) is 0 Å². The highest BCUT2D eigenvalue weighted by Crippen LogP contribution is 2.28. The summed E-state index contributed by atoms with van der Waals surface area (Å²) in [5.74, 6) is 1.54. The number of carbonyl (C=O) groups excluding carboxylic acids is 1. The van der Waals surface area contributed by atoms with Crippen LogP contribution in [0.5, 0.6) is 11.5 Å². The summed E-state index contributed by atoms with van der Waals surface area (Å²) in [6.07, 6.45) is 3.44. The fourth-order valence-electron chi connectivity index (χ4n) is 4.13. The molecule has 8 nitrogen and oxygen atoms in total. The molecule has 196 valence electrons. The van der Waals surface area contributed by atoms with E-state index in [1.165, 1.54) is 0 Å². The van der Waals surface area contributed by atoms with Crippen molar-refractivity contribution in [3.8, 4) is 11.5 Å². The first-order chi connectivity index (χ1) is 18.6. The van der Waals surface area contributed by atoms with E-state index < -0.39 is 0 Å². The zero-order valence-electron chi connectivity index (χ0n) is 21.9. The predicted molar refractivity (Wildman–Crippen MR) is 152 cm³/mol. The lowest BCUT2D eigenvalue weighted by Crippen LogP contribution is -2.34. The molecule has 0 radical (unpaired) electrons. The summed E-state index contributed by atoms with van der Waals surface area (Å²) in [5, 5.41) is 11.9. The van der Waals surface area contributed by atoms with Crippen LogP contribution in [-0.2, 0) is 0 Å². The van der Waals surface area contributed by atoms with Gasteiger partial charge in [-0.25, -0.2) is 10.2 Å². The van der Waals surface area contributed by atoms with E-state index in [9.17, 15) is 4.79 Å². The molecule has 4 aromatic rings. The van der Waals surface area contributed by atoms with Gasteiger partial charge in [0.1, 0.15) is 11.5 Å². The number of pyridine rings is 1. The number of ether oxygens (including phenoxy) is 2. The molecule has 3 aromatic carbocycles. The Balaban J connectivity index is 1.30. The van der Waals surface area contributed by atoms with Gasteiger partial charge in [-0.3, -0.25) is 4.98 Å². The minimum absolute atomic E-state index is 0.176. The Hall–Kier alpha value is -4.59. The number of hydrogen-bond donors (Lipinski definition) is 3. The number of nitrogens with one attached hydrogen (secondary N) is 3. The second kappa shape index (κ2) is 13.1. The maximum atomic E-state index is 12.5. The smallest absolute Gasteiger partial charge is 0.335 e. The molecule has 1 unspecified atom stereocenters. The highest BCUT2D eigenvalue weighted by molar-refractivity contribution is 6.13. The van der Waals surface area contributed by atoms with Crippen LogP contribution in [0.1, 0.15) is 30.9 Å². The van der Waals surface area contributed by atoms with E-state index in [-0.39, 0.29) is 12.1 Å². The van der Waals surface area contributed by atoms with Crippen molar-refractivity contribution < 1.29 is 14.3 Å². The Morgan fingerprint density at radius 2 is 1.66 bits per heavy atom. The molecule has 4 rings (SSSR count). The third-order valence-electron chi connectivity index (χ3n) is 6.10. The zero-order valence-corrected chi connectivity index (χ0v) is 21.9. The first-order valence-electron chi connectivity index (χ1n) is 12.6. The monoisotopic (exact) mass is 511 g/mol. The first-order valence-corrected chi connectivity index (χ1v) is 12.6. The quantitative estimate of drug-likeness (QED) is 0.139. The van der Waals surface area contributed by atoms with Crippen LogP contribution in [0, 0.1) is 0 Å². The summed E-state index contributed by atoms with van der Waals surface area (Å²) in [7, 11) is 3.28. The number of hydrazone groups is 1. The summed E-state index contributed by atoms with van der Waals surface area (Å²) >= 11 is 0. The minimum Gasteiger partial charge on any atom is -0.497 e. The van der Waals surface area contributed by atoms with Gasteiger partial charge in [0.25, 0.3) is 0 Å². The van der Waals surface area contributed by atoms with E-state index in [4.69, 9.17) is 9.47 Å². The van der Waals surface area contributed by atoms with Crippen molar-refractivity contribution in [2.24, 2.45) is 5.10 Å². The van der Waals surface area contributed by atoms with Crippen LogP contribution < -0.4 is 25.5 Å². The van der Waals surface area contributed by atoms with E-state index in [1.54, 1.807) is 20.4 Å². The SMILES string of the molecule is COc1ccc(/C(=N/NC(=O)NCCCC(C)Nc2cc(OC)cc3cccnc23)c2ccccc2)cc1. The van der Waals surface area contributed by atoms with Crippen LogP contribution in [0.15, 0.2) is 90.2 Å². The molecule has 3 N–H and O–H groups in total. The summed E-state index contributed by atoms with van der Waals surface area (Å²) < 4.78 is 10.7. The summed E-state index contributed by atoms with van der Waals surface area (Å²) in [4.78, 5) is 17.0. The number of hydrogen-bond acceptors (Lipinski definition) is 6. The van der Waals surface area contributed by atoms with Crippen LogP contribution in [0.25, 0.3) is 10.9 Å². The maximum Gasteiger partial charge on any atom is 0.335 e. The zero-order chi connectivity index (χ0) is 26.7. The standard InChI is InChI=1S/C30H33N5O3/c1-21(33-27-20-26(38-3)19-24-12-8-17-31-29(24)27)9-7-18-32-30(36)35-34-28(22-10-5-4-6-11-22)23-13-15-25(37-2)16-14-23/h4-6,8,10-17,19-21,33H,7,9,18H2,1-3H3,(H2,32,35,36)/b34-28+. The van der Waals surface area contributed by atoms with Gasteiger partial charge in [-0.05, 0) is 56.2 Å². The number of anilines is 1. The topological polar surface area (TPSA) is 96.9 Å². The first kappa shape index (κ1) is 26.5. The average Bonchev–Trinajstić information content (AvgIpc) is 2.96. The third kappa shape index (κ3) is 7.00. The molecule has 0 saturated carbocycles. The van der Waals surface area contributed by atoms with Gasteiger partial charge in [0, 0.05) is 41.4 Å². The van der Waals surface area contributed by atoms with Crippen molar-refractivity contribution in [3.63, 3.8) is 0 Å². The summed E-state index contributed by atoms with van der Waals surface area (Å²) in [6, 6.07) is 25.0. The summed E-state index contributed by atoms with van der Waals surface area (Å²) in [5.41, 5.74) is 6.91. The van der Waals surface area contributed by atoms with Gasteiger partial charge < -0.3 is 20.1 Å². The number of rotatable bonds is 11. The molecule has 38 heavy (non-hydrogen) atoms. The van der Waals surface area contributed by atoms with E-state index >= 15 is 0 Å². The van der Waals surface area contributed by atoms with Crippen LogP contribution in [0.3, 0.4) is 0 Å². The van der Waals surface area contributed by atoms with Crippen molar-refractivity contribution in [3.05, 3.63) is 96.2 Å². The van der Waals surface area contributed by atoms with Gasteiger partial charge in [-0.1, -0.05) is 36.4 Å². The molecule has 1 heterocycles. The molecule has 8 heteroatoms. The van der Waals surface area contributed by atoms with Crippen molar-refractivity contribution >= 4 is 28.3 Å². The number of urea groups is 1. The highest BCUT2D eigenvalue weighted by Gasteiger charge is 2.11. The maximum absolute atomic E-state index is 12.5. The number of methoxy groups -OCH3 is 2. The van der Waals surface area contributed by atoms with Gasteiger partial charge in [-0.2, -0.15) is 5.10 Å². The molecule has 1 aromatic heterocycles. The molecule has 1 atom stereocenters. The predicted octanol–water partition coefficient (Wildman–Crippen LogP) is 5.58. The molecule has 0 aliphatic carbocycles. The van der Waals surface area contributed by atoms with Gasteiger partial charge in [-0.15, -0.1) is 0 Å². The summed E-state index contributed by atoms with van der Waals surface area (Å²) in [6.45, 7) is 2.63. The van der Waals surface area contributed by atoms with Crippen LogP contribution >= 0.6 is 0 Å². The van der Waals surface area contributed by atoms with Crippen molar-refractivity contribution in [1.82, 2.24) is 15.7 Å². The van der Waals surface area contributed by atoms with Crippen LogP contribution in [0.4, 0.5) is 10.5 Å². The van der Waals surface area contributed by atoms with Crippen molar-refractivity contribution in [1.29, 1.82) is 0 Å². The Morgan fingerprint density at radius 3 is 2.39 bits per heavy atom. The van der Waals surface area contributed by atoms with Crippen molar-refractivity contribution in [2.75, 3.05) is 26.1 Å². The number of carbonyl (C=O) groups is 1. The molecule has 0 saturated heterocycles. The molecule has 0 fully saturated rings. The fraction of sp³-hybridized carbons (Fsp3) is 0.233. The number of benzene rings is 3. The fourth-order valence-corrected chi connectivity index (χ4v) is 4.13. The molecule has 0 spiro atoms. The number of fused-ring (bicyclic) bond motifs is 1. The normalized spacial score (nSPS) is 12.0. The van der Waals surface area contributed by atoms with E-state index in [0.29, 0.717) is 12.3 Å². The molecule has 0 aliphatic heterocycles. The third-order valence-corrected chi connectivity index (χ3v) is 6.10. The Kier molecular flexibility index (Phi) is 9.12. The van der Waals surface area contributed by atoms with E-state index in [0.717, 1.165) is 52.1 Å². The molecule has 0 aliphatic rings. The molecular formula is C30H33N5O3. The van der Waals surface area contributed by atoms with Gasteiger partial charge >= 0.3 is 6.03 Å². The Labute approximate surface area is 223 Å². The largest absolute Gasteiger partial charge is 0.497 e. The number of amides is 2. The van der Waals surface area contributed by atoms with Crippen molar-refractivity contribution in [2.45, 2.75) is 25.8 Å². The minimum atomic E-state index is -0.351.